The number of benzene rings is 2. The van der Waals surface area contributed by atoms with Crippen LogP contribution in [0.4, 0.5) is 10.1 Å². The van der Waals surface area contributed by atoms with Gasteiger partial charge in [-0.3, -0.25) is 9.59 Å². The Balaban J connectivity index is 1.60. The molecule has 32 heavy (non-hydrogen) atoms. The summed E-state index contributed by atoms with van der Waals surface area (Å²) in [6.45, 7) is 0. The third-order valence-corrected chi connectivity index (χ3v) is 5.08. The van der Waals surface area contributed by atoms with Crippen molar-refractivity contribution in [2.75, 3.05) is 12.4 Å². The van der Waals surface area contributed by atoms with Crippen molar-refractivity contribution in [3.8, 4) is 17.7 Å². The Hall–Kier alpha value is -3.95. The number of ether oxygens (including phenoxy) is 1. The summed E-state index contributed by atoms with van der Waals surface area (Å²) in [7, 11) is 1.55. The van der Waals surface area contributed by atoms with Gasteiger partial charge >= 0.3 is 0 Å². The van der Waals surface area contributed by atoms with E-state index in [1.807, 2.05) is 6.07 Å². The third kappa shape index (κ3) is 4.53. The first-order valence-electron chi connectivity index (χ1n) is 9.59. The quantitative estimate of drug-likeness (QED) is 0.360. The predicted molar refractivity (Wildman–Crippen MR) is 120 cm³/mol. The molecule has 0 bridgehead atoms. The lowest BCUT2D eigenvalue weighted by atomic mass is 9.93. The number of aromatic nitrogens is 1. The predicted octanol–water partition coefficient (Wildman–Crippen LogP) is 4.70. The molecule has 1 aliphatic heterocycles. The molecule has 0 atom stereocenters. The van der Waals surface area contributed by atoms with E-state index in [0.29, 0.717) is 34.7 Å². The Morgan fingerprint density at radius 3 is 2.78 bits per heavy atom. The maximum atomic E-state index is 13.4. The van der Waals surface area contributed by atoms with Crippen LogP contribution in [0.3, 0.4) is 0 Å². The maximum Gasteiger partial charge on any atom is 0.259 e. The molecule has 1 amide bonds. The Bertz CT molecular complexity index is 1340. The van der Waals surface area contributed by atoms with E-state index in [1.54, 1.807) is 37.6 Å². The lowest BCUT2D eigenvalue weighted by Crippen LogP contribution is -2.27. The fourth-order valence-electron chi connectivity index (χ4n) is 3.18. The van der Waals surface area contributed by atoms with Gasteiger partial charge in [-0.25, -0.2) is 9.37 Å². The number of rotatable bonds is 3. The summed E-state index contributed by atoms with van der Waals surface area (Å²) in [5, 5.41) is 2.61. The van der Waals surface area contributed by atoms with E-state index in [9.17, 15) is 14.0 Å². The number of halogens is 2. The number of hydrogen-bond acceptors (Lipinski definition) is 4. The van der Waals surface area contributed by atoms with E-state index in [0.717, 1.165) is 5.56 Å². The lowest BCUT2D eigenvalue weighted by molar-refractivity contribution is -0.112. The summed E-state index contributed by atoms with van der Waals surface area (Å²) in [4.78, 5) is 29.5. The maximum absolute atomic E-state index is 13.4. The average molecular weight is 447 g/mol. The Kier molecular flexibility index (Phi) is 6.02. The molecule has 3 aromatic rings. The number of Topliss-reactive ketones (excluding diaryl/α,β-unsaturated/α-hetero) is 1. The van der Waals surface area contributed by atoms with Crippen LogP contribution in [-0.2, 0) is 11.2 Å². The van der Waals surface area contributed by atoms with Crippen molar-refractivity contribution in [2.24, 2.45) is 0 Å². The van der Waals surface area contributed by atoms with Gasteiger partial charge in [0.25, 0.3) is 5.91 Å². The second-order valence-electron chi connectivity index (χ2n) is 6.96. The van der Waals surface area contributed by atoms with Gasteiger partial charge < -0.3 is 10.1 Å². The zero-order valence-electron chi connectivity index (χ0n) is 16.9. The largest absolute Gasteiger partial charge is 0.481 e. The van der Waals surface area contributed by atoms with Crippen molar-refractivity contribution in [3.05, 3.63) is 93.4 Å². The topological polar surface area (TPSA) is 68.3 Å². The highest BCUT2D eigenvalue weighted by atomic mass is 35.5. The normalized spacial score (nSPS) is 13.8. The molecule has 7 heteroatoms. The van der Waals surface area contributed by atoms with Gasteiger partial charge in [-0.15, -0.1) is 0 Å². The third-order valence-electron chi connectivity index (χ3n) is 4.79. The number of nitrogens with one attached hydrogen (secondary N) is 1. The molecule has 1 aliphatic rings. The van der Waals surface area contributed by atoms with Crippen molar-refractivity contribution >= 4 is 35.1 Å². The molecule has 5 nitrogen and oxygen atoms in total. The summed E-state index contributed by atoms with van der Waals surface area (Å²) in [5.41, 5.74) is 2.73. The second-order valence-corrected chi connectivity index (χ2v) is 7.37. The zero-order valence-corrected chi connectivity index (χ0v) is 17.7. The van der Waals surface area contributed by atoms with E-state index in [1.165, 1.54) is 24.3 Å². The van der Waals surface area contributed by atoms with Gasteiger partial charge in [0.05, 0.1) is 23.4 Å². The molecule has 0 spiro atoms. The van der Waals surface area contributed by atoms with E-state index < -0.39 is 17.5 Å². The van der Waals surface area contributed by atoms with Crippen LogP contribution in [-0.4, -0.2) is 23.8 Å². The van der Waals surface area contributed by atoms with E-state index in [-0.39, 0.29) is 10.6 Å². The van der Waals surface area contributed by atoms with Gasteiger partial charge in [0.15, 0.2) is 0 Å². The van der Waals surface area contributed by atoms with Crippen molar-refractivity contribution < 1.29 is 18.7 Å². The van der Waals surface area contributed by atoms with Crippen LogP contribution >= 0.6 is 11.6 Å². The van der Waals surface area contributed by atoms with Crippen LogP contribution in [0, 0.1) is 17.7 Å². The van der Waals surface area contributed by atoms with E-state index in [2.05, 4.69) is 22.1 Å². The van der Waals surface area contributed by atoms with Crippen molar-refractivity contribution in [1.29, 1.82) is 0 Å². The molecule has 1 aromatic heterocycles. The SMILES string of the molecule is COc1cc(CC#Cc2ccc3c(c2)C(=O)C(=Cc2ccc(F)c(Cl)c2)C(=O)N3)ccn1. The fraction of sp³-hybridized carbons (Fsp3) is 0.0800. The highest BCUT2D eigenvalue weighted by molar-refractivity contribution is 6.36. The highest BCUT2D eigenvalue weighted by Crippen LogP contribution is 2.28. The summed E-state index contributed by atoms with van der Waals surface area (Å²) in [5.74, 6) is 5.07. The minimum atomic E-state index is -0.577. The molecule has 0 aliphatic carbocycles. The Labute approximate surface area is 188 Å². The zero-order chi connectivity index (χ0) is 22.7. The Morgan fingerprint density at radius 1 is 1.16 bits per heavy atom. The molecular weight excluding hydrogens is 431 g/mol. The number of fused-ring (bicyclic) bond motifs is 1. The number of methoxy groups -OCH3 is 1. The first-order chi connectivity index (χ1) is 15.4. The molecule has 158 valence electrons. The number of nitrogens with zero attached hydrogens (tertiary/aromatic N) is 1. The highest BCUT2D eigenvalue weighted by Gasteiger charge is 2.28. The summed E-state index contributed by atoms with van der Waals surface area (Å²) in [6.07, 6.45) is 3.52. The van der Waals surface area contributed by atoms with Gasteiger partial charge in [0.2, 0.25) is 11.7 Å². The molecule has 0 radical (unpaired) electrons. The van der Waals surface area contributed by atoms with Crippen LogP contribution in [0.1, 0.15) is 27.0 Å². The standard InChI is InChI=1S/C25H16ClFN2O3/c1-32-23-14-16(9-10-28-23)4-2-3-15-6-8-22-18(11-15)24(30)19(25(31)29-22)12-17-5-7-21(27)20(26)13-17/h5-14H,4H2,1H3,(H,29,31). The molecule has 2 heterocycles. The summed E-state index contributed by atoms with van der Waals surface area (Å²) < 4.78 is 18.5. The fourth-order valence-corrected chi connectivity index (χ4v) is 3.37. The number of hydrogen-bond donors (Lipinski definition) is 1. The number of anilines is 1. The molecule has 0 unspecified atom stereocenters. The van der Waals surface area contributed by atoms with Crippen LogP contribution in [0.2, 0.25) is 5.02 Å². The van der Waals surface area contributed by atoms with E-state index in [4.69, 9.17) is 16.3 Å². The van der Waals surface area contributed by atoms with Crippen molar-refractivity contribution in [2.45, 2.75) is 6.42 Å². The lowest BCUT2D eigenvalue weighted by Gasteiger charge is -2.18. The van der Waals surface area contributed by atoms with Gasteiger partial charge in [-0.2, -0.15) is 0 Å². The number of amides is 1. The van der Waals surface area contributed by atoms with Crippen LogP contribution < -0.4 is 10.1 Å². The molecule has 2 aromatic carbocycles. The monoisotopic (exact) mass is 446 g/mol. The molecule has 1 N–H and O–H groups in total. The van der Waals surface area contributed by atoms with Gasteiger partial charge in [0, 0.05) is 29.8 Å². The first kappa shape index (κ1) is 21.3. The van der Waals surface area contributed by atoms with E-state index >= 15 is 0 Å². The van der Waals surface area contributed by atoms with Gasteiger partial charge in [0.1, 0.15) is 5.82 Å². The van der Waals surface area contributed by atoms with Gasteiger partial charge in [-0.1, -0.05) is 29.5 Å². The van der Waals surface area contributed by atoms with Crippen LogP contribution in [0.25, 0.3) is 6.08 Å². The number of carbonyl (C=O) groups is 2. The van der Waals surface area contributed by atoms with Crippen LogP contribution in [0.5, 0.6) is 5.88 Å². The first-order valence-corrected chi connectivity index (χ1v) is 9.97. The molecule has 0 saturated carbocycles. The smallest absolute Gasteiger partial charge is 0.259 e. The molecule has 0 saturated heterocycles. The number of carbonyl (C=O) groups excluding carboxylic acids is 2. The minimum Gasteiger partial charge on any atom is -0.481 e. The summed E-state index contributed by atoms with van der Waals surface area (Å²) in [6, 6.07) is 12.7. The molecule has 4 rings (SSSR count). The Morgan fingerprint density at radius 2 is 2.00 bits per heavy atom. The molecular formula is C25H16ClFN2O3. The second kappa shape index (κ2) is 9.04. The molecule has 0 fully saturated rings. The van der Waals surface area contributed by atoms with Gasteiger partial charge in [-0.05, 0) is 53.6 Å². The van der Waals surface area contributed by atoms with Crippen LogP contribution in [0.15, 0.2) is 60.3 Å². The number of ketones is 1. The minimum absolute atomic E-state index is 0.0610. The average Bonchev–Trinajstić information content (AvgIpc) is 2.79. The number of pyridine rings is 1. The summed E-state index contributed by atoms with van der Waals surface area (Å²) >= 11 is 5.80. The van der Waals surface area contributed by atoms with Crippen molar-refractivity contribution in [3.63, 3.8) is 0 Å². The van der Waals surface area contributed by atoms with Crippen molar-refractivity contribution in [1.82, 2.24) is 4.98 Å².